The van der Waals surface area contributed by atoms with Crippen LogP contribution in [0.15, 0.2) is 84.9 Å². The molecule has 2 heterocycles. The molecule has 3 aromatic carbocycles. The molecule has 0 saturated heterocycles. The number of halogens is 1. The fraction of sp³-hybridized carbons (Fsp3) is 0. The third-order valence-electron chi connectivity index (χ3n) is 4.50. The molecule has 0 atom stereocenters. The van der Waals surface area contributed by atoms with Crippen molar-refractivity contribution in [2.75, 3.05) is 5.32 Å². The van der Waals surface area contributed by atoms with E-state index in [0.717, 1.165) is 33.2 Å². The number of para-hydroxylation sites is 3. The van der Waals surface area contributed by atoms with E-state index in [4.69, 9.17) is 21.7 Å². The molecule has 0 aliphatic carbocycles. The number of pyridine rings is 1. The zero-order valence-electron chi connectivity index (χ0n) is 14.3. The van der Waals surface area contributed by atoms with Gasteiger partial charge in [0.1, 0.15) is 10.7 Å². The van der Waals surface area contributed by atoms with Crippen molar-refractivity contribution in [3.63, 3.8) is 0 Å². The highest BCUT2D eigenvalue weighted by molar-refractivity contribution is 6.37. The molecule has 5 aromatic rings. The van der Waals surface area contributed by atoms with Gasteiger partial charge in [-0.05, 0) is 30.3 Å². The minimum Gasteiger partial charge on any atom is -0.338 e. The van der Waals surface area contributed by atoms with Gasteiger partial charge in [0.05, 0.1) is 16.6 Å². The highest BCUT2D eigenvalue weighted by Crippen LogP contribution is 2.36. The molecule has 5 rings (SSSR count). The van der Waals surface area contributed by atoms with Gasteiger partial charge in [0.2, 0.25) is 0 Å². The lowest BCUT2D eigenvalue weighted by Gasteiger charge is -2.08. The minimum atomic E-state index is 0.575. The number of rotatable bonds is 3. The second kappa shape index (κ2) is 6.41. The summed E-state index contributed by atoms with van der Waals surface area (Å²) >= 11 is 6.79. The number of nitrogens with one attached hydrogen (secondary N) is 1. The van der Waals surface area contributed by atoms with Crippen molar-refractivity contribution in [1.82, 2.24) is 14.8 Å². The Morgan fingerprint density at radius 2 is 1.44 bits per heavy atom. The van der Waals surface area contributed by atoms with Crippen molar-refractivity contribution in [3.05, 3.63) is 90.1 Å². The maximum Gasteiger partial charge on any atom is 0.159 e. The molecule has 27 heavy (non-hydrogen) atoms. The van der Waals surface area contributed by atoms with E-state index in [9.17, 15) is 0 Å². The van der Waals surface area contributed by atoms with Gasteiger partial charge >= 0.3 is 0 Å². The molecule has 5 heteroatoms. The summed E-state index contributed by atoms with van der Waals surface area (Å²) in [5.41, 5.74) is 3.48. The lowest BCUT2D eigenvalue weighted by molar-refractivity contribution is 0.897. The molecule has 0 spiro atoms. The van der Waals surface area contributed by atoms with Crippen LogP contribution in [0.25, 0.3) is 27.5 Å². The molecule has 4 nitrogen and oxygen atoms in total. The van der Waals surface area contributed by atoms with Crippen LogP contribution in [0.2, 0.25) is 5.15 Å². The smallest absolute Gasteiger partial charge is 0.159 e. The van der Waals surface area contributed by atoms with Crippen molar-refractivity contribution < 1.29 is 0 Å². The van der Waals surface area contributed by atoms with Crippen LogP contribution in [0, 0.1) is 0 Å². The van der Waals surface area contributed by atoms with Crippen LogP contribution in [0.4, 0.5) is 11.5 Å². The summed E-state index contributed by atoms with van der Waals surface area (Å²) in [6, 6.07) is 27.8. The first-order chi connectivity index (χ1) is 13.3. The van der Waals surface area contributed by atoms with E-state index in [1.165, 1.54) is 0 Å². The lowest BCUT2D eigenvalue weighted by Crippen LogP contribution is -1.97. The number of benzene rings is 3. The van der Waals surface area contributed by atoms with Gasteiger partial charge in [-0.25, -0.2) is 9.67 Å². The predicted molar refractivity (Wildman–Crippen MR) is 111 cm³/mol. The molecule has 0 aliphatic rings. The second-order valence-electron chi connectivity index (χ2n) is 6.23. The van der Waals surface area contributed by atoms with Gasteiger partial charge in [0.15, 0.2) is 5.82 Å². The Balaban J connectivity index is 1.81. The highest BCUT2D eigenvalue weighted by atomic mass is 35.5. The molecule has 0 saturated carbocycles. The zero-order chi connectivity index (χ0) is 18.2. The SMILES string of the molecule is Clc1c2c(nn1-c1ccccc1)c(Nc1ccccc1)nc1ccccc12. The van der Waals surface area contributed by atoms with Crippen molar-refractivity contribution in [2.24, 2.45) is 0 Å². The average molecular weight is 371 g/mol. The number of aromatic nitrogens is 3. The second-order valence-corrected chi connectivity index (χ2v) is 6.59. The van der Waals surface area contributed by atoms with E-state index < -0.39 is 0 Å². The number of anilines is 2. The van der Waals surface area contributed by atoms with Crippen LogP contribution in [-0.4, -0.2) is 14.8 Å². The summed E-state index contributed by atoms with van der Waals surface area (Å²) in [7, 11) is 0. The van der Waals surface area contributed by atoms with E-state index in [1.807, 2.05) is 84.9 Å². The van der Waals surface area contributed by atoms with Gasteiger partial charge in [0, 0.05) is 11.1 Å². The summed E-state index contributed by atoms with van der Waals surface area (Å²) in [5, 5.41) is 10.6. The molecule has 0 amide bonds. The van der Waals surface area contributed by atoms with Gasteiger partial charge in [0.25, 0.3) is 0 Å². The van der Waals surface area contributed by atoms with Crippen LogP contribution in [0.5, 0.6) is 0 Å². The maximum atomic E-state index is 6.79. The quantitative estimate of drug-likeness (QED) is 0.425. The molecule has 0 aliphatic heterocycles. The Morgan fingerprint density at radius 1 is 0.778 bits per heavy atom. The monoisotopic (exact) mass is 370 g/mol. The van der Waals surface area contributed by atoms with Crippen LogP contribution in [-0.2, 0) is 0 Å². The van der Waals surface area contributed by atoms with E-state index >= 15 is 0 Å². The van der Waals surface area contributed by atoms with Crippen molar-refractivity contribution >= 4 is 44.9 Å². The molecule has 130 valence electrons. The fourth-order valence-electron chi connectivity index (χ4n) is 3.24. The van der Waals surface area contributed by atoms with E-state index in [-0.39, 0.29) is 0 Å². The first-order valence-corrected chi connectivity index (χ1v) is 9.03. The van der Waals surface area contributed by atoms with Crippen LogP contribution in [0.1, 0.15) is 0 Å². The molecule has 2 aromatic heterocycles. The molecular formula is C22H15ClN4. The van der Waals surface area contributed by atoms with Crippen molar-refractivity contribution in [3.8, 4) is 5.69 Å². The molecule has 0 radical (unpaired) electrons. The van der Waals surface area contributed by atoms with E-state index in [2.05, 4.69) is 5.32 Å². The van der Waals surface area contributed by atoms with Gasteiger partial charge in [-0.1, -0.05) is 66.2 Å². The Labute approximate surface area is 161 Å². The maximum absolute atomic E-state index is 6.79. The standard InChI is InChI=1S/C22H15ClN4/c23-21-19-17-13-7-8-14-18(17)25-22(24-15-9-3-1-4-10-15)20(19)26-27(21)16-11-5-2-6-12-16/h1-14H,(H,24,25). The lowest BCUT2D eigenvalue weighted by atomic mass is 10.1. The summed E-state index contributed by atoms with van der Waals surface area (Å²) in [6.07, 6.45) is 0. The van der Waals surface area contributed by atoms with Crippen LogP contribution in [0.3, 0.4) is 0 Å². The molecular weight excluding hydrogens is 356 g/mol. The normalized spacial score (nSPS) is 11.1. The Hall–Kier alpha value is -3.37. The van der Waals surface area contributed by atoms with Crippen molar-refractivity contribution in [2.45, 2.75) is 0 Å². The van der Waals surface area contributed by atoms with Gasteiger partial charge in [-0.2, -0.15) is 5.10 Å². The Kier molecular flexibility index (Phi) is 3.77. The number of nitrogens with zero attached hydrogens (tertiary/aromatic N) is 3. The summed E-state index contributed by atoms with van der Waals surface area (Å²) in [5.74, 6) is 0.687. The van der Waals surface area contributed by atoms with Gasteiger partial charge in [-0.15, -0.1) is 0 Å². The van der Waals surface area contributed by atoms with Crippen LogP contribution < -0.4 is 5.32 Å². The zero-order valence-corrected chi connectivity index (χ0v) is 15.1. The van der Waals surface area contributed by atoms with Crippen LogP contribution >= 0.6 is 11.6 Å². The molecule has 0 unspecified atom stereocenters. The largest absolute Gasteiger partial charge is 0.338 e. The van der Waals surface area contributed by atoms with E-state index in [1.54, 1.807) is 4.68 Å². The minimum absolute atomic E-state index is 0.575. The summed E-state index contributed by atoms with van der Waals surface area (Å²) < 4.78 is 1.76. The molecule has 0 fully saturated rings. The molecule has 1 N–H and O–H groups in total. The molecule has 0 bridgehead atoms. The fourth-order valence-corrected chi connectivity index (χ4v) is 3.57. The van der Waals surface area contributed by atoms with Crippen molar-refractivity contribution in [1.29, 1.82) is 0 Å². The number of fused-ring (bicyclic) bond motifs is 3. The number of hydrogen-bond donors (Lipinski definition) is 1. The Bertz CT molecular complexity index is 1250. The topological polar surface area (TPSA) is 42.7 Å². The average Bonchev–Trinajstić information content (AvgIpc) is 3.08. The number of hydrogen-bond acceptors (Lipinski definition) is 3. The van der Waals surface area contributed by atoms with E-state index in [0.29, 0.717) is 11.0 Å². The first kappa shape index (κ1) is 15.9. The Morgan fingerprint density at radius 3 is 2.22 bits per heavy atom. The predicted octanol–water partition coefficient (Wildman–Crippen LogP) is 5.97. The van der Waals surface area contributed by atoms with Gasteiger partial charge in [-0.3, -0.25) is 0 Å². The third-order valence-corrected chi connectivity index (χ3v) is 4.85. The first-order valence-electron chi connectivity index (χ1n) is 8.66. The third kappa shape index (κ3) is 2.71. The summed E-state index contributed by atoms with van der Waals surface area (Å²) in [6.45, 7) is 0. The van der Waals surface area contributed by atoms with Gasteiger partial charge < -0.3 is 5.32 Å². The highest BCUT2D eigenvalue weighted by Gasteiger charge is 2.18. The summed E-state index contributed by atoms with van der Waals surface area (Å²) in [4.78, 5) is 4.80.